The van der Waals surface area contributed by atoms with E-state index in [2.05, 4.69) is 34.3 Å². The number of rotatable bonds is 5. The van der Waals surface area contributed by atoms with E-state index in [0.717, 1.165) is 51.3 Å². The molecule has 0 aliphatic carbocycles. The van der Waals surface area contributed by atoms with Gasteiger partial charge < -0.3 is 20.2 Å². The molecule has 6 nitrogen and oxygen atoms in total. The SMILES string of the molecule is CN1CCN(CC(NC(=O)N2CCC(CO)C2)c2ccccc2)CC1. The molecule has 2 fully saturated rings. The molecule has 2 heterocycles. The molecule has 0 aromatic heterocycles. The number of nitrogens with one attached hydrogen (secondary N) is 1. The van der Waals surface area contributed by atoms with Crippen molar-refractivity contribution >= 4 is 6.03 Å². The van der Waals surface area contributed by atoms with E-state index in [-0.39, 0.29) is 24.6 Å². The quantitative estimate of drug-likeness (QED) is 0.835. The average Bonchev–Trinajstić information content (AvgIpc) is 3.13. The Morgan fingerprint density at radius 1 is 1.20 bits per heavy atom. The highest BCUT2D eigenvalue weighted by Gasteiger charge is 2.28. The molecular formula is C19H30N4O2. The lowest BCUT2D eigenvalue weighted by Gasteiger charge is -2.35. The van der Waals surface area contributed by atoms with E-state index < -0.39 is 0 Å². The van der Waals surface area contributed by atoms with Crippen LogP contribution < -0.4 is 5.32 Å². The highest BCUT2D eigenvalue weighted by Crippen LogP contribution is 2.19. The van der Waals surface area contributed by atoms with Gasteiger partial charge in [0.2, 0.25) is 0 Å². The van der Waals surface area contributed by atoms with Gasteiger partial charge in [-0.3, -0.25) is 4.90 Å². The Bertz CT molecular complexity index is 546. The van der Waals surface area contributed by atoms with Crippen molar-refractivity contribution in [2.75, 3.05) is 59.5 Å². The second-order valence-electron chi connectivity index (χ2n) is 7.30. The number of likely N-dealkylation sites (tertiary alicyclic amines) is 1. The van der Waals surface area contributed by atoms with Crippen LogP contribution in [0.4, 0.5) is 4.79 Å². The fourth-order valence-electron chi connectivity index (χ4n) is 3.61. The van der Waals surface area contributed by atoms with Gasteiger partial charge in [-0.05, 0) is 19.0 Å². The zero-order valence-electron chi connectivity index (χ0n) is 15.1. The summed E-state index contributed by atoms with van der Waals surface area (Å²) in [6.45, 7) is 6.58. The zero-order valence-corrected chi connectivity index (χ0v) is 15.1. The molecule has 1 aromatic carbocycles. The van der Waals surface area contributed by atoms with Gasteiger partial charge in [0.15, 0.2) is 0 Å². The van der Waals surface area contributed by atoms with Crippen molar-refractivity contribution < 1.29 is 9.90 Å². The molecule has 0 radical (unpaired) electrons. The van der Waals surface area contributed by atoms with Crippen molar-refractivity contribution in [2.45, 2.75) is 12.5 Å². The fraction of sp³-hybridized carbons (Fsp3) is 0.632. The second kappa shape index (κ2) is 8.65. The van der Waals surface area contributed by atoms with Crippen molar-refractivity contribution in [3.63, 3.8) is 0 Å². The summed E-state index contributed by atoms with van der Waals surface area (Å²) in [5, 5.41) is 12.5. The number of aliphatic hydroxyl groups is 1. The molecule has 0 saturated carbocycles. The molecule has 0 spiro atoms. The number of urea groups is 1. The molecule has 2 amide bonds. The maximum absolute atomic E-state index is 12.7. The Morgan fingerprint density at radius 3 is 2.56 bits per heavy atom. The van der Waals surface area contributed by atoms with Gasteiger partial charge in [0.1, 0.15) is 0 Å². The Labute approximate surface area is 150 Å². The van der Waals surface area contributed by atoms with E-state index in [0.29, 0.717) is 6.54 Å². The number of aliphatic hydroxyl groups excluding tert-OH is 1. The second-order valence-corrected chi connectivity index (χ2v) is 7.30. The van der Waals surface area contributed by atoms with Gasteiger partial charge in [0.25, 0.3) is 0 Å². The monoisotopic (exact) mass is 346 g/mol. The van der Waals surface area contributed by atoms with Crippen molar-refractivity contribution in [1.82, 2.24) is 20.0 Å². The molecule has 1 aromatic rings. The van der Waals surface area contributed by atoms with Gasteiger partial charge in [0, 0.05) is 58.3 Å². The van der Waals surface area contributed by atoms with Crippen molar-refractivity contribution in [2.24, 2.45) is 5.92 Å². The van der Waals surface area contributed by atoms with Gasteiger partial charge in [-0.1, -0.05) is 30.3 Å². The molecule has 2 unspecified atom stereocenters. The number of nitrogens with zero attached hydrogens (tertiary/aromatic N) is 3. The Balaban J connectivity index is 1.63. The summed E-state index contributed by atoms with van der Waals surface area (Å²) < 4.78 is 0. The predicted molar refractivity (Wildman–Crippen MR) is 98.4 cm³/mol. The van der Waals surface area contributed by atoms with Crippen LogP contribution in [0.3, 0.4) is 0 Å². The molecule has 138 valence electrons. The van der Waals surface area contributed by atoms with Crippen LogP contribution in [0.1, 0.15) is 18.0 Å². The summed E-state index contributed by atoms with van der Waals surface area (Å²) in [6, 6.07) is 10.2. The summed E-state index contributed by atoms with van der Waals surface area (Å²) in [6.07, 6.45) is 0.887. The lowest BCUT2D eigenvalue weighted by molar-refractivity contribution is 0.139. The van der Waals surface area contributed by atoms with Gasteiger partial charge in [-0.25, -0.2) is 4.79 Å². The minimum Gasteiger partial charge on any atom is -0.396 e. The maximum atomic E-state index is 12.7. The minimum atomic E-state index is -0.0149. The van der Waals surface area contributed by atoms with Crippen molar-refractivity contribution in [3.05, 3.63) is 35.9 Å². The van der Waals surface area contributed by atoms with E-state index in [1.165, 1.54) is 0 Å². The molecular weight excluding hydrogens is 316 g/mol. The first-order chi connectivity index (χ1) is 12.2. The number of carbonyl (C=O) groups excluding carboxylic acids is 1. The largest absolute Gasteiger partial charge is 0.396 e. The molecule has 2 aliphatic rings. The maximum Gasteiger partial charge on any atom is 0.317 e. The lowest BCUT2D eigenvalue weighted by atomic mass is 10.1. The van der Waals surface area contributed by atoms with Crippen LogP contribution in [0, 0.1) is 5.92 Å². The minimum absolute atomic E-state index is 0.00900. The Morgan fingerprint density at radius 2 is 1.92 bits per heavy atom. The van der Waals surface area contributed by atoms with Gasteiger partial charge in [-0.2, -0.15) is 0 Å². The average molecular weight is 346 g/mol. The summed E-state index contributed by atoms with van der Waals surface area (Å²) in [4.78, 5) is 19.3. The van der Waals surface area contributed by atoms with Crippen LogP contribution in [0.5, 0.6) is 0 Å². The van der Waals surface area contributed by atoms with Crippen LogP contribution >= 0.6 is 0 Å². The summed E-state index contributed by atoms with van der Waals surface area (Å²) >= 11 is 0. The molecule has 25 heavy (non-hydrogen) atoms. The van der Waals surface area contributed by atoms with E-state index in [4.69, 9.17) is 0 Å². The fourth-order valence-corrected chi connectivity index (χ4v) is 3.61. The van der Waals surface area contributed by atoms with Crippen LogP contribution in [0.25, 0.3) is 0 Å². The third-order valence-corrected chi connectivity index (χ3v) is 5.37. The molecule has 2 saturated heterocycles. The van der Waals surface area contributed by atoms with E-state index in [9.17, 15) is 9.90 Å². The molecule has 2 N–H and O–H groups in total. The number of piperazine rings is 1. The van der Waals surface area contributed by atoms with E-state index >= 15 is 0 Å². The summed E-state index contributed by atoms with van der Waals surface area (Å²) in [7, 11) is 2.15. The van der Waals surface area contributed by atoms with Gasteiger partial charge >= 0.3 is 6.03 Å². The third-order valence-electron chi connectivity index (χ3n) is 5.37. The first kappa shape index (κ1) is 18.2. The highest BCUT2D eigenvalue weighted by molar-refractivity contribution is 5.75. The smallest absolute Gasteiger partial charge is 0.317 e. The van der Waals surface area contributed by atoms with E-state index in [1.807, 2.05) is 23.1 Å². The van der Waals surface area contributed by atoms with Crippen molar-refractivity contribution in [3.8, 4) is 0 Å². The van der Waals surface area contributed by atoms with Crippen LogP contribution in [-0.2, 0) is 0 Å². The normalized spacial score (nSPS) is 23.6. The first-order valence-electron chi connectivity index (χ1n) is 9.28. The predicted octanol–water partition coefficient (Wildman–Crippen LogP) is 0.999. The van der Waals surface area contributed by atoms with E-state index in [1.54, 1.807) is 0 Å². The molecule has 2 aliphatic heterocycles. The number of likely N-dealkylation sites (N-methyl/N-ethyl adjacent to an activating group) is 1. The Hall–Kier alpha value is -1.63. The van der Waals surface area contributed by atoms with Gasteiger partial charge in [-0.15, -0.1) is 0 Å². The third kappa shape index (κ3) is 4.93. The van der Waals surface area contributed by atoms with Crippen LogP contribution in [0.15, 0.2) is 30.3 Å². The highest BCUT2D eigenvalue weighted by atomic mass is 16.3. The molecule has 2 atom stereocenters. The number of hydrogen-bond acceptors (Lipinski definition) is 4. The summed E-state index contributed by atoms with van der Waals surface area (Å²) in [5.41, 5.74) is 1.15. The molecule has 6 heteroatoms. The van der Waals surface area contributed by atoms with Crippen LogP contribution in [0.2, 0.25) is 0 Å². The topological polar surface area (TPSA) is 59.0 Å². The number of benzene rings is 1. The molecule has 0 bridgehead atoms. The first-order valence-corrected chi connectivity index (χ1v) is 9.28. The Kier molecular flexibility index (Phi) is 6.29. The molecule has 3 rings (SSSR count). The lowest BCUT2D eigenvalue weighted by Crippen LogP contribution is -2.49. The zero-order chi connectivity index (χ0) is 17.6. The number of hydrogen-bond donors (Lipinski definition) is 2. The van der Waals surface area contributed by atoms with Gasteiger partial charge in [0.05, 0.1) is 6.04 Å². The summed E-state index contributed by atoms with van der Waals surface area (Å²) in [5.74, 6) is 0.221. The number of carbonyl (C=O) groups is 1. The van der Waals surface area contributed by atoms with Crippen LogP contribution in [-0.4, -0.2) is 85.3 Å². The standard InChI is InChI=1S/C19H30N4O2/c1-21-9-11-22(12-10-21)14-18(17-5-3-2-4-6-17)20-19(25)23-8-7-16(13-23)15-24/h2-6,16,18,24H,7-15H2,1H3,(H,20,25). The number of amides is 2. The van der Waals surface area contributed by atoms with Crippen molar-refractivity contribution in [1.29, 1.82) is 0 Å².